The van der Waals surface area contributed by atoms with Gasteiger partial charge in [0.15, 0.2) is 5.16 Å². The minimum Gasteiger partial charge on any atom is -0.350 e. The molecule has 168 valence electrons. The number of thioether (sulfide) groups is 1. The maximum atomic E-state index is 13.1. The van der Waals surface area contributed by atoms with Gasteiger partial charge in [-0.05, 0) is 42.0 Å². The molecule has 0 aliphatic heterocycles. The van der Waals surface area contributed by atoms with E-state index in [4.69, 9.17) is 0 Å². The average molecular weight is 463 g/mol. The van der Waals surface area contributed by atoms with E-state index in [0.29, 0.717) is 11.7 Å². The van der Waals surface area contributed by atoms with Crippen LogP contribution in [0.3, 0.4) is 0 Å². The predicted octanol–water partition coefficient (Wildman–Crippen LogP) is 4.25. The maximum Gasteiger partial charge on any atom is 0.240 e. The second kappa shape index (κ2) is 10.3. The third-order valence-corrected chi connectivity index (χ3v) is 6.13. The van der Waals surface area contributed by atoms with Crippen molar-refractivity contribution in [1.29, 1.82) is 0 Å². The summed E-state index contributed by atoms with van der Waals surface area (Å²) in [4.78, 5) is 31.6. The highest BCUT2D eigenvalue weighted by Gasteiger charge is 2.17. The Morgan fingerprint density at radius 2 is 1.70 bits per heavy atom. The lowest BCUT2D eigenvalue weighted by atomic mass is 10.2. The number of hydrogen-bond donors (Lipinski definition) is 1. The fourth-order valence-corrected chi connectivity index (χ4v) is 4.27. The van der Waals surface area contributed by atoms with Gasteiger partial charge in [-0.2, -0.15) is 0 Å². The Morgan fingerprint density at radius 3 is 2.45 bits per heavy atom. The molecule has 0 atom stereocenters. The molecule has 8 heteroatoms. The number of amides is 2. The maximum absolute atomic E-state index is 13.1. The Balaban J connectivity index is 1.45. The summed E-state index contributed by atoms with van der Waals surface area (Å²) in [5.41, 5.74) is 3.21. The smallest absolute Gasteiger partial charge is 0.240 e. The van der Waals surface area contributed by atoms with Gasteiger partial charge in [-0.1, -0.05) is 54.2 Å². The predicted molar refractivity (Wildman–Crippen MR) is 129 cm³/mol. The molecule has 0 aliphatic carbocycles. The molecule has 0 fully saturated rings. The van der Waals surface area contributed by atoms with Crippen LogP contribution in [0.25, 0.3) is 11.0 Å². The summed E-state index contributed by atoms with van der Waals surface area (Å²) in [5.74, 6) is -0.391. The number of nitrogens with zero attached hydrogens (tertiary/aromatic N) is 3. The van der Waals surface area contributed by atoms with Gasteiger partial charge in [0.25, 0.3) is 0 Å². The fourth-order valence-electron chi connectivity index (χ4n) is 3.34. The molecule has 1 heterocycles. The monoisotopic (exact) mass is 462 g/mol. The molecule has 0 unspecified atom stereocenters. The van der Waals surface area contributed by atoms with Gasteiger partial charge in [0, 0.05) is 19.3 Å². The lowest BCUT2D eigenvalue weighted by Gasteiger charge is -2.17. The van der Waals surface area contributed by atoms with E-state index in [-0.39, 0.29) is 29.9 Å². The minimum atomic E-state index is -0.316. The summed E-state index contributed by atoms with van der Waals surface area (Å²) >= 11 is 1.30. The Hall–Kier alpha value is -3.65. The standard InChI is InChI=1S/C25H23FN4O2S/c1-29(20-7-3-2-4-8-20)24(32)17-33-25-28-21-9-5-6-10-22(21)30(25)16-23(31)27-15-18-11-13-19(26)14-12-18/h2-14H,15-17H2,1H3,(H,27,31). The largest absolute Gasteiger partial charge is 0.350 e. The molecule has 0 bridgehead atoms. The van der Waals surface area contributed by atoms with E-state index in [1.54, 1.807) is 24.1 Å². The summed E-state index contributed by atoms with van der Waals surface area (Å²) in [6.45, 7) is 0.362. The van der Waals surface area contributed by atoms with E-state index in [9.17, 15) is 14.0 Å². The van der Waals surface area contributed by atoms with E-state index in [1.807, 2.05) is 59.2 Å². The van der Waals surface area contributed by atoms with Gasteiger partial charge < -0.3 is 14.8 Å². The molecular formula is C25H23FN4O2S. The van der Waals surface area contributed by atoms with Crippen molar-refractivity contribution < 1.29 is 14.0 Å². The number of carbonyl (C=O) groups is 2. The van der Waals surface area contributed by atoms with Crippen LogP contribution in [0, 0.1) is 5.82 Å². The van der Waals surface area contributed by atoms with Crippen molar-refractivity contribution in [1.82, 2.24) is 14.9 Å². The quantitative estimate of drug-likeness (QED) is 0.398. The molecule has 0 radical (unpaired) electrons. The van der Waals surface area contributed by atoms with Gasteiger partial charge in [0.1, 0.15) is 12.4 Å². The van der Waals surface area contributed by atoms with Gasteiger partial charge in [0.2, 0.25) is 11.8 Å². The van der Waals surface area contributed by atoms with Crippen molar-refractivity contribution in [3.63, 3.8) is 0 Å². The zero-order valence-electron chi connectivity index (χ0n) is 18.1. The molecule has 0 spiro atoms. The highest BCUT2D eigenvalue weighted by Crippen LogP contribution is 2.25. The Kier molecular flexibility index (Phi) is 7.04. The topological polar surface area (TPSA) is 67.2 Å². The summed E-state index contributed by atoms with van der Waals surface area (Å²) in [6.07, 6.45) is 0. The van der Waals surface area contributed by atoms with Gasteiger partial charge in [-0.15, -0.1) is 0 Å². The van der Waals surface area contributed by atoms with Crippen molar-refractivity contribution in [3.05, 3.63) is 90.2 Å². The number of carbonyl (C=O) groups excluding carboxylic acids is 2. The lowest BCUT2D eigenvalue weighted by Crippen LogP contribution is -2.29. The summed E-state index contributed by atoms with van der Waals surface area (Å²) in [7, 11) is 1.74. The van der Waals surface area contributed by atoms with E-state index in [2.05, 4.69) is 10.3 Å². The van der Waals surface area contributed by atoms with Gasteiger partial charge in [-0.25, -0.2) is 9.37 Å². The van der Waals surface area contributed by atoms with Gasteiger partial charge in [0.05, 0.1) is 16.8 Å². The molecule has 0 saturated heterocycles. The van der Waals surface area contributed by atoms with Crippen molar-refractivity contribution in [2.75, 3.05) is 17.7 Å². The van der Waals surface area contributed by atoms with Crippen LogP contribution in [0.4, 0.5) is 10.1 Å². The van der Waals surface area contributed by atoms with Gasteiger partial charge in [-0.3, -0.25) is 9.59 Å². The van der Waals surface area contributed by atoms with Crippen LogP contribution in [0.2, 0.25) is 0 Å². The van der Waals surface area contributed by atoms with Crippen molar-refractivity contribution in [2.24, 2.45) is 0 Å². The first kappa shape index (κ1) is 22.5. The zero-order chi connectivity index (χ0) is 23.2. The molecule has 1 N–H and O–H groups in total. The first-order chi connectivity index (χ1) is 16.0. The average Bonchev–Trinajstić information content (AvgIpc) is 3.19. The number of imidazole rings is 1. The van der Waals surface area contributed by atoms with Crippen LogP contribution >= 0.6 is 11.8 Å². The SMILES string of the molecule is CN(C(=O)CSc1nc2ccccc2n1CC(=O)NCc1ccc(F)cc1)c1ccccc1. The summed E-state index contributed by atoms with van der Waals surface area (Å²) < 4.78 is 14.9. The fraction of sp³-hybridized carbons (Fsp3) is 0.160. The van der Waals surface area contributed by atoms with Crippen LogP contribution in [-0.2, 0) is 22.7 Å². The van der Waals surface area contributed by atoms with E-state index >= 15 is 0 Å². The summed E-state index contributed by atoms with van der Waals surface area (Å²) in [5, 5.41) is 3.46. The Labute approximate surface area is 195 Å². The second-order valence-corrected chi connectivity index (χ2v) is 8.39. The third kappa shape index (κ3) is 5.59. The van der Waals surface area contributed by atoms with Crippen LogP contribution < -0.4 is 10.2 Å². The molecule has 1 aromatic heterocycles. The molecular weight excluding hydrogens is 439 g/mol. The summed E-state index contributed by atoms with van der Waals surface area (Å²) in [6, 6.07) is 23.0. The molecule has 6 nitrogen and oxygen atoms in total. The second-order valence-electron chi connectivity index (χ2n) is 7.45. The van der Waals surface area contributed by atoms with E-state index < -0.39 is 0 Å². The number of anilines is 1. The van der Waals surface area contributed by atoms with Crippen LogP contribution in [-0.4, -0.2) is 34.2 Å². The lowest BCUT2D eigenvalue weighted by molar-refractivity contribution is -0.121. The van der Waals surface area contributed by atoms with E-state index in [0.717, 1.165) is 22.3 Å². The Morgan fingerprint density at radius 1 is 1.00 bits per heavy atom. The Bertz CT molecular complexity index is 1260. The molecule has 4 aromatic rings. The highest BCUT2D eigenvalue weighted by molar-refractivity contribution is 7.99. The normalized spacial score (nSPS) is 10.8. The number of para-hydroxylation sites is 3. The zero-order valence-corrected chi connectivity index (χ0v) is 18.9. The number of nitrogens with one attached hydrogen (secondary N) is 1. The van der Waals surface area contributed by atoms with Crippen molar-refractivity contribution in [2.45, 2.75) is 18.2 Å². The first-order valence-corrected chi connectivity index (χ1v) is 11.4. The van der Waals surface area contributed by atoms with Crippen molar-refractivity contribution in [3.8, 4) is 0 Å². The number of halogens is 1. The number of rotatable bonds is 8. The molecule has 0 saturated carbocycles. The molecule has 3 aromatic carbocycles. The number of aromatic nitrogens is 2. The molecule has 4 rings (SSSR count). The third-order valence-electron chi connectivity index (χ3n) is 5.17. The highest BCUT2D eigenvalue weighted by atomic mass is 32.2. The number of benzene rings is 3. The molecule has 0 aliphatic rings. The van der Waals surface area contributed by atoms with Gasteiger partial charge >= 0.3 is 0 Å². The molecule has 33 heavy (non-hydrogen) atoms. The van der Waals surface area contributed by atoms with Crippen molar-refractivity contribution >= 4 is 40.3 Å². The van der Waals surface area contributed by atoms with Crippen LogP contribution in [0.1, 0.15) is 5.56 Å². The molecule has 2 amide bonds. The van der Waals surface area contributed by atoms with Crippen LogP contribution in [0.15, 0.2) is 84.0 Å². The van der Waals surface area contributed by atoms with Crippen LogP contribution in [0.5, 0.6) is 0 Å². The van der Waals surface area contributed by atoms with E-state index in [1.165, 1.54) is 23.9 Å². The first-order valence-electron chi connectivity index (χ1n) is 10.4. The minimum absolute atomic E-state index is 0.0623. The number of fused-ring (bicyclic) bond motifs is 1. The number of hydrogen-bond acceptors (Lipinski definition) is 4.